The van der Waals surface area contributed by atoms with E-state index in [4.69, 9.17) is 22.1 Å². The summed E-state index contributed by atoms with van der Waals surface area (Å²) in [4.78, 5) is 0. The maximum absolute atomic E-state index is 6.18. The minimum absolute atomic E-state index is 0.158. The number of hydrogen-bond donors (Lipinski definition) is 1. The molecule has 0 radical (unpaired) electrons. The lowest BCUT2D eigenvalue weighted by atomic mass is 9.84. The summed E-state index contributed by atoms with van der Waals surface area (Å²) in [5, 5.41) is 0.730. The summed E-state index contributed by atoms with van der Waals surface area (Å²) >= 11 is 5.82. The van der Waals surface area contributed by atoms with Crippen molar-refractivity contribution in [2.45, 2.75) is 38.1 Å². The van der Waals surface area contributed by atoms with Crippen molar-refractivity contribution in [2.24, 2.45) is 11.7 Å². The van der Waals surface area contributed by atoms with Crippen LogP contribution in [0, 0.1) is 5.92 Å². The van der Waals surface area contributed by atoms with E-state index in [1.54, 1.807) is 0 Å². The van der Waals surface area contributed by atoms with E-state index in [0.717, 1.165) is 10.8 Å². The summed E-state index contributed by atoms with van der Waals surface area (Å²) in [7, 11) is 0. The van der Waals surface area contributed by atoms with Crippen LogP contribution in [0.1, 0.15) is 32.1 Å². The van der Waals surface area contributed by atoms with Crippen LogP contribution in [-0.2, 0) is 0 Å². The quantitative estimate of drug-likeness (QED) is 0.890. The van der Waals surface area contributed by atoms with Crippen molar-refractivity contribution in [2.75, 3.05) is 6.61 Å². The average Bonchev–Trinajstić information content (AvgIpc) is 2.39. The Bertz CT molecular complexity index is 333. The number of halogens is 1. The first-order valence-corrected chi connectivity index (χ1v) is 6.77. The van der Waals surface area contributed by atoms with E-state index in [0.29, 0.717) is 12.5 Å². The zero-order chi connectivity index (χ0) is 12.1. The van der Waals surface area contributed by atoms with Crippen LogP contribution in [0.4, 0.5) is 0 Å². The van der Waals surface area contributed by atoms with Gasteiger partial charge in [0.2, 0.25) is 0 Å². The van der Waals surface area contributed by atoms with Gasteiger partial charge in [-0.3, -0.25) is 0 Å². The summed E-state index contributed by atoms with van der Waals surface area (Å²) in [6.45, 7) is 0.603. The van der Waals surface area contributed by atoms with Gasteiger partial charge in [-0.1, -0.05) is 30.9 Å². The summed E-state index contributed by atoms with van der Waals surface area (Å²) < 4.78 is 5.69. The highest BCUT2D eigenvalue weighted by Crippen LogP contribution is 2.26. The molecule has 1 saturated carbocycles. The van der Waals surface area contributed by atoms with Gasteiger partial charge < -0.3 is 10.5 Å². The molecule has 0 heterocycles. The first kappa shape index (κ1) is 12.7. The molecule has 2 N–H and O–H groups in total. The Balaban J connectivity index is 1.78. The fraction of sp³-hybridized carbons (Fsp3) is 0.571. The smallest absolute Gasteiger partial charge is 0.119 e. The van der Waals surface area contributed by atoms with E-state index in [9.17, 15) is 0 Å². The van der Waals surface area contributed by atoms with Crippen LogP contribution in [0.5, 0.6) is 5.75 Å². The van der Waals surface area contributed by atoms with E-state index in [1.807, 2.05) is 24.3 Å². The minimum atomic E-state index is 0.158. The number of rotatable bonds is 4. The number of benzene rings is 1. The van der Waals surface area contributed by atoms with Crippen molar-refractivity contribution >= 4 is 11.6 Å². The van der Waals surface area contributed by atoms with Gasteiger partial charge in [-0.25, -0.2) is 0 Å². The van der Waals surface area contributed by atoms with Gasteiger partial charge in [-0.2, -0.15) is 0 Å². The molecule has 17 heavy (non-hydrogen) atoms. The lowest BCUT2D eigenvalue weighted by Crippen LogP contribution is -2.37. The second-order valence-corrected chi connectivity index (χ2v) is 5.26. The minimum Gasteiger partial charge on any atom is -0.492 e. The zero-order valence-electron chi connectivity index (χ0n) is 10.1. The molecule has 0 aliphatic heterocycles. The molecular formula is C14H20ClNO. The molecule has 0 amide bonds. The topological polar surface area (TPSA) is 35.2 Å². The normalized spacial score (nSPS) is 18.9. The molecule has 1 aromatic rings. The summed E-state index contributed by atoms with van der Waals surface area (Å²) in [5.74, 6) is 1.48. The van der Waals surface area contributed by atoms with Gasteiger partial charge in [-0.15, -0.1) is 0 Å². The molecule has 0 aromatic heterocycles. The Hall–Kier alpha value is -0.730. The van der Waals surface area contributed by atoms with Crippen molar-refractivity contribution in [3.05, 3.63) is 29.3 Å². The maximum atomic E-state index is 6.18. The Morgan fingerprint density at radius 3 is 2.47 bits per heavy atom. The van der Waals surface area contributed by atoms with Crippen LogP contribution in [0.15, 0.2) is 24.3 Å². The lowest BCUT2D eigenvalue weighted by Gasteiger charge is -2.27. The van der Waals surface area contributed by atoms with Crippen molar-refractivity contribution in [3.63, 3.8) is 0 Å². The Morgan fingerprint density at radius 1 is 1.18 bits per heavy atom. The van der Waals surface area contributed by atoms with Crippen LogP contribution in [0.3, 0.4) is 0 Å². The number of hydrogen-bond acceptors (Lipinski definition) is 2. The molecule has 1 atom stereocenters. The standard InChI is InChI=1S/C14H20ClNO/c15-12-6-8-13(9-7-12)17-10-14(16)11-4-2-1-3-5-11/h6-9,11,14H,1-5,10,16H2. The van der Waals surface area contributed by atoms with E-state index < -0.39 is 0 Å². The van der Waals surface area contributed by atoms with Crippen molar-refractivity contribution < 1.29 is 4.74 Å². The molecule has 2 nitrogen and oxygen atoms in total. The number of ether oxygens (including phenoxy) is 1. The van der Waals surface area contributed by atoms with E-state index >= 15 is 0 Å². The largest absolute Gasteiger partial charge is 0.492 e. The molecule has 1 aliphatic carbocycles. The van der Waals surface area contributed by atoms with Gasteiger partial charge >= 0.3 is 0 Å². The summed E-state index contributed by atoms with van der Waals surface area (Å²) in [6, 6.07) is 7.60. The van der Waals surface area contributed by atoms with Crippen LogP contribution >= 0.6 is 11.6 Å². The van der Waals surface area contributed by atoms with Gasteiger partial charge in [0.25, 0.3) is 0 Å². The predicted octanol–water partition coefficient (Wildman–Crippen LogP) is 3.63. The molecule has 1 aromatic carbocycles. The third-order valence-corrected chi connectivity index (χ3v) is 3.76. The molecule has 94 valence electrons. The Labute approximate surface area is 108 Å². The third kappa shape index (κ3) is 3.90. The second kappa shape index (κ2) is 6.27. The molecule has 0 spiro atoms. The van der Waals surface area contributed by atoms with Crippen molar-refractivity contribution in [1.82, 2.24) is 0 Å². The average molecular weight is 254 g/mol. The molecule has 3 heteroatoms. The zero-order valence-corrected chi connectivity index (χ0v) is 10.8. The Morgan fingerprint density at radius 2 is 1.82 bits per heavy atom. The monoisotopic (exact) mass is 253 g/mol. The molecule has 1 aliphatic rings. The number of nitrogens with two attached hydrogens (primary N) is 1. The van der Waals surface area contributed by atoms with E-state index in [2.05, 4.69) is 0 Å². The highest BCUT2D eigenvalue weighted by molar-refractivity contribution is 6.30. The molecule has 2 rings (SSSR count). The molecule has 0 bridgehead atoms. The summed E-state index contributed by atoms with van der Waals surface area (Å²) in [5.41, 5.74) is 6.18. The van der Waals surface area contributed by atoms with Crippen molar-refractivity contribution in [1.29, 1.82) is 0 Å². The van der Waals surface area contributed by atoms with Crippen LogP contribution in [0.25, 0.3) is 0 Å². The highest BCUT2D eigenvalue weighted by Gasteiger charge is 2.20. The van der Waals surface area contributed by atoms with Gasteiger partial charge in [0, 0.05) is 11.1 Å². The third-order valence-electron chi connectivity index (χ3n) is 3.51. The first-order valence-electron chi connectivity index (χ1n) is 6.39. The molecule has 0 saturated heterocycles. The van der Waals surface area contributed by atoms with Gasteiger partial charge in [0.15, 0.2) is 0 Å². The van der Waals surface area contributed by atoms with Crippen LogP contribution in [0.2, 0.25) is 5.02 Å². The molecule has 1 unspecified atom stereocenters. The second-order valence-electron chi connectivity index (χ2n) is 4.83. The fourth-order valence-corrected chi connectivity index (χ4v) is 2.55. The van der Waals surface area contributed by atoms with Crippen molar-refractivity contribution in [3.8, 4) is 5.75 Å². The van der Waals surface area contributed by atoms with E-state index in [-0.39, 0.29) is 6.04 Å². The predicted molar refractivity (Wildman–Crippen MR) is 71.5 cm³/mol. The van der Waals surface area contributed by atoms with Gasteiger partial charge in [0.05, 0.1) is 0 Å². The lowest BCUT2D eigenvalue weighted by molar-refractivity contribution is 0.214. The Kier molecular flexibility index (Phi) is 4.69. The first-order chi connectivity index (χ1) is 8.25. The molecular weight excluding hydrogens is 234 g/mol. The van der Waals surface area contributed by atoms with Crippen LogP contribution < -0.4 is 10.5 Å². The van der Waals surface area contributed by atoms with Gasteiger partial charge in [0.1, 0.15) is 12.4 Å². The van der Waals surface area contributed by atoms with Gasteiger partial charge in [-0.05, 0) is 43.0 Å². The molecule has 1 fully saturated rings. The fourth-order valence-electron chi connectivity index (χ4n) is 2.42. The maximum Gasteiger partial charge on any atom is 0.119 e. The highest BCUT2D eigenvalue weighted by atomic mass is 35.5. The summed E-state index contributed by atoms with van der Waals surface area (Å²) in [6.07, 6.45) is 6.51. The van der Waals surface area contributed by atoms with E-state index in [1.165, 1.54) is 32.1 Å². The van der Waals surface area contributed by atoms with Crippen LogP contribution in [-0.4, -0.2) is 12.6 Å². The SMILES string of the molecule is NC(COc1ccc(Cl)cc1)C1CCCCC1.